The second-order valence-electron chi connectivity index (χ2n) is 5.99. The van der Waals surface area contributed by atoms with Crippen molar-refractivity contribution in [2.24, 2.45) is 0 Å². The van der Waals surface area contributed by atoms with Crippen molar-refractivity contribution >= 4 is 33.6 Å². The largest absolute Gasteiger partial charge is 0.465 e. The minimum Gasteiger partial charge on any atom is -0.465 e. The van der Waals surface area contributed by atoms with E-state index < -0.39 is 6.09 Å². The van der Waals surface area contributed by atoms with Crippen molar-refractivity contribution in [1.29, 1.82) is 0 Å². The minimum absolute atomic E-state index is 0.316. The average molecular weight is 405 g/mol. The number of likely N-dealkylation sites (N-methyl/N-ethyl adjacent to an activating group) is 1. The Kier molecular flexibility index (Phi) is 6.71. The number of carbonyl (C=O) groups is 1. The highest BCUT2D eigenvalue weighted by atomic mass is 79.9. The summed E-state index contributed by atoms with van der Waals surface area (Å²) in [4.78, 5) is 17.6. The summed E-state index contributed by atoms with van der Waals surface area (Å²) in [6.07, 6.45) is -0.907. The van der Waals surface area contributed by atoms with Crippen molar-refractivity contribution in [3.8, 4) is 0 Å². The quantitative estimate of drug-likeness (QED) is 0.819. The first-order valence-corrected chi connectivity index (χ1v) is 8.88. The van der Waals surface area contributed by atoms with E-state index in [1.165, 1.54) is 4.90 Å². The molecule has 0 spiro atoms. The summed E-state index contributed by atoms with van der Waals surface area (Å²) in [6, 6.07) is 3.79. The smallest absolute Gasteiger partial charge is 0.407 e. The standard InChI is InChI=1S/C16H23BrClN3O2/c1-12-14(17)4-3-13(15(12)18)11-21(16(22)23)10-9-20-7-5-19(2)6-8-20/h3-4H,5-11H2,1-2H3,(H,22,23). The fraction of sp³-hybridized carbons (Fsp3) is 0.562. The molecule has 0 unspecified atom stereocenters. The molecule has 0 saturated carbocycles. The van der Waals surface area contributed by atoms with Gasteiger partial charge in [-0.05, 0) is 31.2 Å². The number of hydrogen-bond acceptors (Lipinski definition) is 3. The van der Waals surface area contributed by atoms with Gasteiger partial charge in [-0.25, -0.2) is 4.79 Å². The van der Waals surface area contributed by atoms with Gasteiger partial charge in [-0.3, -0.25) is 4.90 Å². The molecule has 1 aromatic carbocycles. The number of hydrogen-bond donors (Lipinski definition) is 1. The Morgan fingerprint density at radius 2 is 2.00 bits per heavy atom. The van der Waals surface area contributed by atoms with E-state index in [9.17, 15) is 9.90 Å². The summed E-state index contributed by atoms with van der Waals surface area (Å²) in [5, 5.41) is 10.1. The molecular weight excluding hydrogens is 382 g/mol. The summed E-state index contributed by atoms with van der Waals surface area (Å²) in [6.45, 7) is 7.53. The van der Waals surface area contributed by atoms with Gasteiger partial charge >= 0.3 is 6.09 Å². The van der Waals surface area contributed by atoms with Crippen LogP contribution in [0.5, 0.6) is 0 Å². The van der Waals surface area contributed by atoms with E-state index in [1.54, 1.807) is 0 Å². The maximum Gasteiger partial charge on any atom is 0.407 e. The monoisotopic (exact) mass is 403 g/mol. The third kappa shape index (κ3) is 5.08. The fourth-order valence-electron chi connectivity index (χ4n) is 2.62. The van der Waals surface area contributed by atoms with Crippen molar-refractivity contribution < 1.29 is 9.90 Å². The molecule has 128 valence electrons. The van der Waals surface area contributed by atoms with Gasteiger partial charge in [-0.1, -0.05) is 33.6 Å². The lowest BCUT2D eigenvalue weighted by atomic mass is 10.1. The first-order chi connectivity index (χ1) is 10.9. The van der Waals surface area contributed by atoms with Gasteiger partial charge in [0.1, 0.15) is 0 Å². The zero-order valence-electron chi connectivity index (χ0n) is 13.6. The van der Waals surface area contributed by atoms with Crippen LogP contribution in [0.2, 0.25) is 5.02 Å². The van der Waals surface area contributed by atoms with Crippen molar-refractivity contribution in [2.75, 3.05) is 46.3 Å². The van der Waals surface area contributed by atoms with Crippen molar-refractivity contribution in [3.63, 3.8) is 0 Å². The molecule has 0 bridgehead atoms. The highest BCUT2D eigenvalue weighted by Gasteiger charge is 2.19. The Balaban J connectivity index is 1.97. The Morgan fingerprint density at radius 1 is 1.35 bits per heavy atom. The molecule has 1 aliphatic heterocycles. The van der Waals surface area contributed by atoms with E-state index in [2.05, 4.69) is 32.8 Å². The minimum atomic E-state index is -0.907. The van der Waals surface area contributed by atoms with Crippen LogP contribution in [0.15, 0.2) is 16.6 Å². The predicted octanol–water partition coefficient (Wildman–Crippen LogP) is 3.14. The van der Waals surface area contributed by atoms with Gasteiger partial charge in [-0.2, -0.15) is 0 Å². The molecule has 1 fully saturated rings. The zero-order chi connectivity index (χ0) is 17.0. The highest BCUT2D eigenvalue weighted by Crippen LogP contribution is 2.28. The van der Waals surface area contributed by atoms with Gasteiger partial charge in [0.05, 0.1) is 6.54 Å². The molecule has 1 amide bonds. The van der Waals surface area contributed by atoms with Gasteiger partial charge in [0, 0.05) is 48.8 Å². The molecule has 0 aromatic heterocycles. The number of piperazine rings is 1. The second-order valence-corrected chi connectivity index (χ2v) is 7.23. The van der Waals surface area contributed by atoms with E-state index in [4.69, 9.17) is 11.6 Å². The van der Waals surface area contributed by atoms with Gasteiger partial charge < -0.3 is 14.9 Å². The van der Waals surface area contributed by atoms with Crippen LogP contribution in [-0.4, -0.2) is 72.2 Å². The van der Waals surface area contributed by atoms with E-state index in [0.29, 0.717) is 18.1 Å². The van der Waals surface area contributed by atoms with Crippen LogP contribution in [0.4, 0.5) is 4.79 Å². The Labute approximate surface area is 150 Å². The molecule has 1 aliphatic rings. The molecule has 0 radical (unpaired) electrons. The molecule has 1 heterocycles. The number of benzene rings is 1. The molecule has 7 heteroatoms. The zero-order valence-corrected chi connectivity index (χ0v) is 15.9. The molecule has 23 heavy (non-hydrogen) atoms. The Bertz CT molecular complexity index is 563. The third-order valence-electron chi connectivity index (χ3n) is 4.31. The third-order valence-corrected chi connectivity index (χ3v) is 5.70. The maximum atomic E-state index is 11.5. The maximum absolute atomic E-state index is 11.5. The van der Waals surface area contributed by atoms with Crippen LogP contribution in [0, 0.1) is 6.92 Å². The lowest BCUT2D eigenvalue weighted by Gasteiger charge is -2.33. The lowest BCUT2D eigenvalue weighted by Crippen LogP contribution is -2.47. The molecule has 5 nitrogen and oxygen atoms in total. The molecule has 2 rings (SSSR count). The normalized spacial score (nSPS) is 16.5. The van der Waals surface area contributed by atoms with E-state index in [1.807, 2.05) is 19.1 Å². The molecule has 1 saturated heterocycles. The topological polar surface area (TPSA) is 47.0 Å². The summed E-state index contributed by atoms with van der Waals surface area (Å²) in [5.41, 5.74) is 1.78. The number of halogens is 2. The van der Waals surface area contributed by atoms with Gasteiger partial charge in [-0.15, -0.1) is 0 Å². The van der Waals surface area contributed by atoms with E-state index >= 15 is 0 Å². The van der Waals surface area contributed by atoms with Gasteiger partial charge in [0.25, 0.3) is 0 Å². The van der Waals surface area contributed by atoms with Crippen LogP contribution in [0.25, 0.3) is 0 Å². The van der Waals surface area contributed by atoms with Gasteiger partial charge in [0.15, 0.2) is 0 Å². The number of rotatable bonds is 5. The van der Waals surface area contributed by atoms with Crippen LogP contribution < -0.4 is 0 Å². The fourth-order valence-corrected chi connectivity index (χ4v) is 3.29. The summed E-state index contributed by atoms with van der Waals surface area (Å²) in [5.74, 6) is 0. The molecule has 1 aromatic rings. The van der Waals surface area contributed by atoms with E-state index in [0.717, 1.165) is 48.3 Å². The van der Waals surface area contributed by atoms with Crippen LogP contribution >= 0.6 is 27.5 Å². The van der Waals surface area contributed by atoms with Crippen LogP contribution in [0.1, 0.15) is 11.1 Å². The number of amides is 1. The first-order valence-electron chi connectivity index (χ1n) is 7.70. The van der Waals surface area contributed by atoms with Crippen molar-refractivity contribution in [2.45, 2.75) is 13.5 Å². The predicted molar refractivity (Wildman–Crippen MR) is 96.3 cm³/mol. The van der Waals surface area contributed by atoms with Crippen molar-refractivity contribution in [3.05, 3.63) is 32.8 Å². The molecule has 0 atom stereocenters. The van der Waals surface area contributed by atoms with Crippen molar-refractivity contribution in [1.82, 2.24) is 14.7 Å². The number of carboxylic acid groups (broad SMARTS) is 1. The molecular formula is C16H23BrClN3O2. The Hall–Kier alpha value is -0.820. The summed E-state index contributed by atoms with van der Waals surface area (Å²) < 4.78 is 0.936. The molecule has 0 aliphatic carbocycles. The summed E-state index contributed by atoms with van der Waals surface area (Å²) in [7, 11) is 2.11. The second kappa shape index (κ2) is 8.33. The SMILES string of the molecule is Cc1c(Br)ccc(CN(CCN2CCN(C)CC2)C(=O)O)c1Cl. The van der Waals surface area contributed by atoms with Gasteiger partial charge in [0.2, 0.25) is 0 Å². The highest BCUT2D eigenvalue weighted by molar-refractivity contribution is 9.10. The van der Waals surface area contributed by atoms with Crippen LogP contribution in [-0.2, 0) is 6.54 Å². The van der Waals surface area contributed by atoms with E-state index in [-0.39, 0.29) is 0 Å². The average Bonchev–Trinajstić information content (AvgIpc) is 2.52. The number of nitrogens with zero attached hydrogens (tertiary/aromatic N) is 3. The lowest BCUT2D eigenvalue weighted by molar-refractivity contribution is 0.116. The van der Waals surface area contributed by atoms with Crippen LogP contribution in [0.3, 0.4) is 0 Å². The first kappa shape index (κ1) is 18.5. The summed E-state index contributed by atoms with van der Waals surface area (Å²) >= 11 is 9.78. The Morgan fingerprint density at radius 3 is 2.61 bits per heavy atom. The molecule has 1 N–H and O–H groups in total.